The fourth-order valence-electron chi connectivity index (χ4n) is 3.91. The van der Waals surface area contributed by atoms with E-state index in [1.54, 1.807) is 11.8 Å². The molecule has 1 aliphatic rings. The summed E-state index contributed by atoms with van der Waals surface area (Å²) in [4.78, 5) is 2.14. The third-order valence-corrected chi connectivity index (χ3v) is 8.29. The number of thioether (sulfide) groups is 1. The lowest BCUT2D eigenvalue weighted by atomic mass is 9.58. The van der Waals surface area contributed by atoms with Crippen molar-refractivity contribution in [1.82, 2.24) is 10.2 Å². The van der Waals surface area contributed by atoms with Gasteiger partial charge in [0.1, 0.15) is 4.32 Å². The summed E-state index contributed by atoms with van der Waals surface area (Å²) < 4.78 is 0.916. The van der Waals surface area contributed by atoms with Crippen LogP contribution in [-0.4, -0.2) is 28.1 Å². The molecule has 0 aliphatic carbocycles. The molecule has 0 aromatic rings. The molecule has 1 N–H and O–H groups in total. The lowest BCUT2D eigenvalue weighted by Crippen LogP contribution is -2.41. The molecule has 2 atom stereocenters. The minimum absolute atomic E-state index is 0.0549. The van der Waals surface area contributed by atoms with E-state index in [0.717, 1.165) is 60.2 Å². The smallest absolute Gasteiger partial charge is 0.140 e. The number of allylic oxidation sites excluding steroid dienone is 2. The Bertz CT molecular complexity index is 662. The molecule has 0 aromatic carbocycles. The lowest BCUT2D eigenvalue weighted by molar-refractivity contribution is 0.0760. The average Bonchev–Trinajstić information content (AvgIpc) is 3.09. The predicted octanol–water partition coefficient (Wildman–Crippen LogP) is 6.74. The fraction of sp³-hybridized carbons (Fsp3) is 0.750. The Morgan fingerprint density at radius 1 is 1.31 bits per heavy atom. The second-order valence-electron chi connectivity index (χ2n) is 10.0. The van der Waals surface area contributed by atoms with Crippen molar-refractivity contribution in [3.8, 4) is 6.07 Å². The van der Waals surface area contributed by atoms with Gasteiger partial charge in [0.05, 0.1) is 11.5 Å². The van der Waals surface area contributed by atoms with Gasteiger partial charge in [0.25, 0.3) is 0 Å². The number of hydrogen-bond donors (Lipinski definition) is 1. The van der Waals surface area contributed by atoms with Gasteiger partial charge in [-0.2, -0.15) is 5.26 Å². The monoisotopic (exact) mass is 435 g/mol. The minimum atomic E-state index is -0.459. The summed E-state index contributed by atoms with van der Waals surface area (Å²) in [5.74, 6) is 1.60. The van der Waals surface area contributed by atoms with Crippen LogP contribution in [0.5, 0.6) is 0 Å². The quantitative estimate of drug-likeness (QED) is 0.344. The minimum Gasteiger partial charge on any atom is -0.388 e. The Hall–Kier alpha value is -0.990. The molecule has 1 aliphatic heterocycles. The maximum atomic E-state index is 10.2. The topological polar surface area (TPSA) is 39.1 Å². The molecule has 0 amide bonds. The van der Waals surface area contributed by atoms with Gasteiger partial charge in [-0.1, -0.05) is 78.7 Å². The van der Waals surface area contributed by atoms with E-state index in [1.165, 1.54) is 0 Å². The van der Waals surface area contributed by atoms with E-state index in [-0.39, 0.29) is 10.8 Å². The van der Waals surface area contributed by atoms with Crippen molar-refractivity contribution >= 4 is 28.3 Å². The van der Waals surface area contributed by atoms with Crippen LogP contribution >= 0.6 is 24.0 Å². The molecule has 2 unspecified atom stereocenters. The molecule has 3 nitrogen and oxygen atoms in total. The van der Waals surface area contributed by atoms with Crippen molar-refractivity contribution in [2.24, 2.45) is 22.2 Å². The first kappa shape index (κ1) is 26.0. The van der Waals surface area contributed by atoms with Crippen molar-refractivity contribution in [3.05, 3.63) is 24.6 Å². The Morgan fingerprint density at radius 3 is 2.38 bits per heavy atom. The van der Waals surface area contributed by atoms with Gasteiger partial charge in [0.2, 0.25) is 0 Å². The summed E-state index contributed by atoms with van der Waals surface area (Å²) in [6.45, 7) is 26.0. The molecule has 5 heteroatoms. The van der Waals surface area contributed by atoms with Crippen LogP contribution in [0.4, 0.5) is 0 Å². The average molecular weight is 436 g/mol. The second kappa shape index (κ2) is 10.4. The number of thiocarbonyl (C=S) groups is 1. The van der Waals surface area contributed by atoms with Crippen LogP contribution < -0.4 is 5.32 Å². The predicted molar refractivity (Wildman–Crippen MR) is 133 cm³/mol. The van der Waals surface area contributed by atoms with Gasteiger partial charge in [-0.3, -0.25) is 0 Å². The summed E-state index contributed by atoms with van der Waals surface area (Å²) >= 11 is 7.15. The third-order valence-electron chi connectivity index (χ3n) is 6.86. The maximum Gasteiger partial charge on any atom is 0.140 e. The third kappa shape index (κ3) is 6.49. The summed E-state index contributed by atoms with van der Waals surface area (Å²) in [5, 5.41) is 13.7. The van der Waals surface area contributed by atoms with Gasteiger partial charge < -0.3 is 10.2 Å². The summed E-state index contributed by atoms with van der Waals surface area (Å²) in [5.41, 5.74) is 1.44. The fourth-order valence-corrected chi connectivity index (χ4v) is 5.21. The molecule has 0 radical (unpaired) electrons. The number of rotatable bonds is 12. The normalized spacial score (nSPS) is 18.9. The van der Waals surface area contributed by atoms with Gasteiger partial charge in [0.15, 0.2) is 0 Å². The Labute approximate surface area is 189 Å². The molecule has 164 valence electrons. The molecule has 1 fully saturated rings. The highest BCUT2D eigenvalue weighted by Crippen LogP contribution is 2.51. The van der Waals surface area contributed by atoms with Crippen LogP contribution in [0.3, 0.4) is 0 Å². The van der Waals surface area contributed by atoms with Crippen molar-refractivity contribution in [3.63, 3.8) is 0 Å². The summed E-state index contributed by atoms with van der Waals surface area (Å²) in [7, 11) is 0. The molecule has 29 heavy (non-hydrogen) atoms. The zero-order chi connectivity index (χ0) is 22.5. The standard InChI is InChI=1S/C24H41N3S2/c1-10-23(8,20(5)26-15-18(2)3)16-22(6,7)24(9,17-25)12-11-19(4)27-13-14-29-21(27)28/h18,26H,4-5,10-16H2,1-3,6-9H3. The molecular weight excluding hydrogens is 394 g/mol. The zero-order valence-corrected chi connectivity index (χ0v) is 21.3. The van der Waals surface area contributed by atoms with E-state index in [4.69, 9.17) is 12.2 Å². The van der Waals surface area contributed by atoms with Crippen LogP contribution in [0.1, 0.15) is 74.1 Å². The molecule has 0 aromatic heterocycles. The van der Waals surface area contributed by atoms with Gasteiger partial charge in [-0.25, -0.2) is 0 Å². The highest BCUT2D eigenvalue weighted by molar-refractivity contribution is 8.23. The highest BCUT2D eigenvalue weighted by atomic mass is 32.2. The van der Waals surface area contributed by atoms with E-state index in [0.29, 0.717) is 5.92 Å². The van der Waals surface area contributed by atoms with Crippen molar-refractivity contribution in [1.29, 1.82) is 5.26 Å². The van der Waals surface area contributed by atoms with Crippen LogP contribution in [-0.2, 0) is 0 Å². The van der Waals surface area contributed by atoms with Gasteiger partial charge in [-0.05, 0) is 43.9 Å². The van der Waals surface area contributed by atoms with Crippen LogP contribution in [0.25, 0.3) is 0 Å². The van der Waals surface area contributed by atoms with Crippen molar-refractivity contribution in [2.75, 3.05) is 18.8 Å². The van der Waals surface area contributed by atoms with Gasteiger partial charge in [-0.15, -0.1) is 0 Å². The molecule has 1 rings (SSSR count). The zero-order valence-electron chi connectivity index (χ0n) is 19.7. The molecule has 1 saturated heterocycles. The van der Waals surface area contributed by atoms with Crippen molar-refractivity contribution in [2.45, 2.75) is 74.1 Å². The number of hydrogen-bond acceptors (Lipinski definition) is 4. The molecule has 0 spiro atoms. The Balaban J connectivity index is 2.90. The highest BCUT2D eigenvalue weighted by Gasteiger charge is 2.46. The number of nitrogens with zero attached hydrogens (tertiary/aromatic N) is 2. The van der Waals surface area contributed by atoms with Crippen molar-refractivity contribution < 1.29 is 0 Å². The molecule has 0 bridgehead atoms. The van der Waals surface area contributed by atoms with E-state index in [9.17, 15) is 5.26 Å². The largest absolute Gasteiger partial charge is 0.388 e. The van der Waals surface area contributed by atoms with Crippen LogP contribution in [0, 0.1) is 33.5 Å². The molecule has 0 saturated carbocycles. The maximum absolute atomic E-state index is 10.2. The molecular formula is C24H41N3S2. The summed E-state index contributed by atoms with van der Waals surface area (Å²) in [6.07, 6.45) is 3.48. The van der Waals surface area contributed by atoms with E-state index in [1.807, 2.05) is 0 Å². The first-order chi connectivity index (χ1) is 13.3. The second-order valence-corrected chi connectivity index (χ2v) is 11.7. The molecule has 1 heterocycles. The SMILES string of the molecule is C=C(CCC(C)(C#N)C(C)(C)CC(C)(CC)C(=C)NCC(C)C)N1CCSC1=S. The Kier molecular flexibility index (Phi) is 9.30. The van der Waals surface area contributed by atoms with Gasteiger partial charge >= 0.3 is 0 Å². The van der Waals surface area contributed by atoms with E-state index in [2.05, 4.69) is 77.9 Å². The first-order valence-corrected chi connectivity index (χ1v) is 12.2. The number of nitriles is 1. The Morgan fingerprint density at radius 2 is 1.93 bits per heavy atom. The van der Waals surface area contributed by atoms with Crippen LogP contribution in [0.2, 0.25) is 0 Å². The number of nitrogens with one attached hydrogen (secondary N) is 1. The first-order valence-electron chi connectivity index (χ1n) is 10.8. The lowest BCUT2D eigenvalue weighted by Gasteiger charge is -2.46. The summed E-state index contributed by atoms with van der Waals surface area (Å²) in [6, 6.07) is 2.66. The van der Waals surface area contributed by atoms with E-state index < -0.39 is 5.41 Å². The van der Waals surface area contributed by atoms with E-state index >= 15 is 0 Å². The van der Waals surface area contributed by atoms with Crippen LogP contribution in [0.15, 0.2) is 24.6 Å². The van der Waals surface area contributed by atoms with Gasteiger partial charge in [0, 0.05) is 35.7 Å².